The van der Waals surface area contributed by atoms with Crippen LogP contribution in [0.5, 0.6) is 0 Å². The molecule has 82 valence electrons. The molecule has 2 N–H and O–H groups in total. The molecule has 0 amide bonds. The topological polar surface area (TPSA) is 95.2 Å². The Morgan fingerprint density at radius 2 is 2.19 bits per heavy atom. The molecule has 0 saturated heterocycles. The SMILES string of the molecule is Nc1cc(-c2ccc([N+](=O)[O-])cc2Br)on1. The van der Waals surface area contributed by atoms with Crippen molar-refractivity contribution in [1.82, 2.24) is 5.16 Å². The van der Waals surface area contributed by atoms with Crippen molar-refractivity contribution in [2.45, 2.75) is 0 Å². The highest BCUT2D eigenvalue weighted by atomic mass is 79.9. The average molecular weight is 284 g/mol. The second-order valence-corrected chi connectivity index (χ2v) is 3.89. The lowest BCUT2D eigenvalue weighted by Crippen LogP contribution is -1.88. The molecule has 1 aromatic heterocycles. The second-order valence-electron chi connectivity index (χ2n) is 3.04. The van der Waals surface area contributed by atoms with Crippen LogP contribution in [0.4, 0.5) is 11.5 Å². The predicted octanol–water partition coefficient (Wildman–Crippen LogP) is 2.59. The highest BCUT2D eigenvalue weighted by Gasteiger charge is 2.13. The van der Waals surface area contributed by atoms with Crippen LogP contribution in [0.2, 0.25) is 0 Å². The molecule has 0 atom stereocenters. The van der Waals surface area contributed by atoms with Gasteiger partial charge in [0.1, 0.15) is 0 Å². The van der Waals surface area contributed by atoms with Gasteiger partial charge in [0.25, 0.3) is 5.69 Å². The van der Waals surface area contributed by atoms with Crippen molar-refractivity contribution in [3.8, 4) is 11.3 Å². The quantitative estimate of drug-likeness (QED) is 0.675. The van der Waals surface area contributed by atoms with Crippen LogP contribution in [-0.2, 0) is 0 Å². The number of rotatable bonds is 2. The lowest BCUT2D eigenvalue weighted by atomic mass is 10.1. The zero-order valence-electron chi connectivity index (χ0n) is 7.88. The van der Waals surface area contributed by atoms with Gasteiger partial charge in [-0.3, -0.25) is 10.1 Å². The van der Waals surface area contributed by atoms with E-state index in [1.165, 1.54) is 12.1 Å². The van der Waals surface area contributed by atoms with E-state index >= 15 is 0 Å². The van der Waals surface area contributed by atoms with Gasteiger partial charge < -0.3 is 10.3 Å². The van der Waals surface area contributed by atoms with Crippen LogP contribution >= 0.6 is 15.9 Å². The molecule has 1 aromatic carbocycles. The average Bonchev–Trinajstić information content (AvgIpc) is 2.64. The Bertz CT molecular complexity index is 553. The minimum absolute atomic E-state index is 0.00288. The van der Waals surface area contributed by atoms with Crippen molar-refractivity contribution in [1.29, 1.82) is 0 Å². The predicted molar refractivity (Wildman–Crippen MR) is 60.7 cm³/mol. The first-order valence-electron chi connectivity index (χ1n) is 4.24. The summed E-state index contributed by atoms with van der Waals surface area (Å²) < 4.78 is 5.51. The number of halogens is 1. The van der Waals surface area contributed by atoms with Gasteiger partial charge in [-0.1, -0.05) is 5.16 Å². The molecule has 7 heteroatoms. The van der Waals surface area contributed by atoms with E-state index < -0.39 is 4.92 Å². The molecule has 0 unspecified atom stereocenters. The van der Waals surface area contributed by atoms with Crippen LogP contribution in [0.3, 0.4) is 0 Å². The number of aromatic nitrogens is 1. The zero-order valence-corrected chi connectivity index (χ0v) is 9.47. The number of non-ortho nitro benzene ring substituents is 1. The molecule has 0 aliphatic carbocycles. The van der Waals surface area contributed by atoms with Crippen molar-refractivity contribution in [3.63, 3.8) is 0 Å². The van der Waals surface area contributed by atoms with Gasteiger partial charge in [0.05, 0.1) is 4.92 Å². The smallest absolute Gasteiger partial charge is 0.270 e. The van der Waals surface area contributed by atoms with E-state index in [0.29, 0.717) is 15.8 Å². The normalized spacial score (nSPS) is 10.3. The second kappa shape index (κ2) is 3.93. The summed E-state index contributed by atoms with van der Waals surface area (Å²) in [5.41, 5.74) is 6.08. The van der Waals surface area contributed by atoms with Gasteiger partial charge in [-0.05, 0) is 22.0 Å². The van der Waals surface area contributed by atoms with Crippen LogP contribution in [0.1, 0.15) is 0 Å². The summed E-state index contributed by atoms with van der Waals surface area (Å²) in [6.45, 7) is 0. The number of nitrogen functional groups attached to an aromatic ring is 1. The molecule has 2 aromatic rings. The van der Waals surface area contributed by atoms with Crippen LogP contribution in [0.15, 0.2) is 33.3 Å². The Hall–Kier alpha value is -1.89. The van der Waals surface area contributed by atoms with Gasteiger partial charge in [0.15, 0.2) is 11.6 Å². The molecule has 0 spiro atoms. The molecule has 0 fully saturated rings. The van der Waals surface area contributed by atoms with Gasteiger partial charge in [-0.25, -0.2) is 0 Å². The van der Waals surface area contributed by atoms with Gasteiger partial charge >= 0.3 is 0 Å². The minimum Gasteiger partial charge on any atom is -0.381 e. The minimum atomic E-state index is -0.469. The monoisotopic (exact) mass is 283 g/mol. The number of benzene rings is 1. The van der Waals surface area contributed by atoms with Crippen molar-refractivity contribution in [2.75, 3.05) is 5.73 Å². The highest BCUT2D eigenvalue weighted by Crippen LogP contribution is 2.31. The third kappa shape index (κ3) is 1.89. The molecule has 0 radical (unpaired) electrons. The number of nitrogens with two attached hydrogens (primary N) is 1. The van der Waals surface area contributed by atoms with E-state index in [1.807, 2.05) is 0 Å². The Morgan fingerprint density at radius 3 is 2.69 bits per heavy atom. The van der Waals surface area contributed by atoms with E-state index in [2.05, 4.69) is 21.1 Å². The Kier molecular flexibility index (Phi) is 2.61. The molecule has 0 aliphatic heterocycles. The molecule has 6 nitrogen and oxygen atoms in total. The molecule has 1 heterocycles. The van der Waals surface area contributed by atoms with Crippen LogP contribution in [0, 0.1) is 10.1 Å². The standard InChI is InChI=1S/C9H6BrN3O3/c10-7-3-5(13(14)15)1-2-6(7)8-4-9(11)12-16-8/h1-4H,(H2,11,12). The fraction of sp³-hybridized carbons (Fsp3) is 0. The summed E-state index contributed by atoms with van der Waals surface area (Å²) in [5, 5.41) is 14.1. The van der Waals surface area contributed by atoms with Gasteiger partial charge in [0, 0.05) is 28.2 Å². The fourth-order valence-electron chi connectivity index (χ4n) is 1.23. The van der Waals surface area contributed by atoms with E-state index in [-0.39, 0.29) is 11.5 Å². The van der Waals surface area contributed by atoms with Crippen molar-refractivity contribution >= 4 is 27.4 Å². The van der Waals surface area contributed by atoms with E-state index in [9.17, 15) is 10.1 Å². The first kappa shape index (κ1) is 10.6. The number of nitrogens with zero attached hydrogens (tertiary/aromatic N) is 2. The molecular weight excluding hydrogens is 278 g/mol. The first-order valence-corrected chi connectivity index (χ1v) is 5.04. The molecule has 16 heavy (non-hydrogen) atoms. The largest absolute Gasteiger partial charge is 0.381 e. The first-order chi connectivity index (χ1) is 7.58. The van der Waals surface area contributed by atoms with E-state index in [4.69, 9.17) is 10.3 Å². The molecule has 0 saturated carbocycles. The number of hydrogen-bond donors (Lipinski definition) is 1. The Balaban J connectivity index is 2.47. The highest BCUT2D eigenvalue weighted by molar-refractivity contribution is 9.10. The summed E-state index contributed by atoms with van der Waals surface area (Å²) in [6.07, 6.45) is 0. The number of nitro groups is 1. The van der Waals surface area contributed by atoms with Crippen LogP contribution < -0.4 is 5.73 Å². The maximum absolute atomic E-state index is 10.5. The summed E-state index contributed by atoms with van der Waals surface area (Å²) in [4.78, 5) is 10.1. The summed E-state index contributed by atoms with van der Waals surface area (Å²) in [5.74, 6) is 0.722. The lowest BCUT2D eigenvalue weighted by molar-refractivity contribution is -0.384. The zero-order chi connectivity index (χ0) is 11.7. The van der Waals surface area contributed by atoms with Crippen LogP contribution in [0.25, 0.3) is 11.3 Å². The summed E-state index contributed by atoms with van der Waals surface area (Å²) in [7, 11) is 0. The Labute approximate surface area is 98.3 Å². The fourth-order valence-corrected chi connectivity index (χ4v) is 1.80. The Morgan fingerprint density at radius 1 is 1.44 bits per heavy atom. The van der Waals surface area contributed by atoms with Gasteiger partial charge in [0.2, 0.25) is 0 Å². The van der Waals surface area contributed by atoms with Gasteiger partial charge in [-0.2, -0.15) is 0 Å². The maximum atomic E-state index is 10.5. The number of nitro benzene ring substituents is 1. The van der Waals surface area contributed by atoms with E-state index in [1.54, 1.807) is 12.1 Å². The molecule has 0 bridgehead atoms. The van der Waals surface area contributed by atoms with Crippen LogP contribution in [-0.4, -0.2) is 10.1 Å². The summed E-state index contributed by atoms with van der Waals surface area (Å²) >= 11 is 3.23. The van der Waals surface area contributed by atoms with Crippen molar-refractivity contribution in [2.24, 2.45) is 0 Å². The van der Waals surface area contributed by atoms with Crippen molar-refractivity contribution in [3.05, 3.63) is 38.9 Å². The third-order valence-corrected chi connectivity index (χ3v) is 2.61. The van der Waals surface area contributed by atoms with Crippen molar-refractivity contribution < 1.29 is 9.45 Å². The third-order valence-electron chi connectivity index (χ3n) is 1.96. The maximum Gasteiger partial charge on any atom is 0.270 e. The lowest BCUT2D eigenvalue weighted by Gasteiger charge is -1.99. The number of hydrogen-bond acceptors (Lipinski definition) is 5. The van der Waals surface area contributed by atoms with Gasteiger partial charge in [-0.15, -0.1) is 0 Å². The van der Waals surface area contributed by atoms with E-state index in [0.717, 1.165) is 0 Å². The molecule has 2 rings (SSSR count). The number of anilines is 1. The summed E-state index contributed by atoms with van der Waals surface area (Å²) in [6, 6.07) is 5.90. The molecule has 0 aliphatic rings. The molecular formula is C9H6BrN3O3.